The monoisotopic (exact) mass is 413 g/mol. The van der Waals surface area contributed by atoms with Gasteiger partial charge in [0.2, 0.25) is 0 Å². The van der Waals surface area contributed by atoms with Gasteiger partial charge in [0.25, 0.3) is 0 Å². The first-order chi connectivity index (χ1) is 14.1. The van der Waals surface area contributed by atoms with Crippen molar-refractivity contribution in [1.82, 2.24) is 19.7 Å². The van der Waals surface area contributed by atoms with Crippen LogP contribution < -0.4 is 4.90 Å². The van der Waals surface area contributed by atoms with Crippen LogP contribution in [0.5, 0.6) is 0 Å². The van der Waals surface area contributed by atoms with Crippen LogP contribution in [0.25, 0.3) is 16.7 Å². The zero-order chi connectivity index (χ0) is 20.4. The van der Waals surface area contributed by atoms with Gasteiger partial charge in [-0.2, -0.15) is 5.10 Å². The maximum Gasteiger partial charge on any atom is 0.310 e. The molecule has 1 aliphatic rings. The molecule has 0 spiro atoms. The lowest BCUT2D eigenvalue weighted by atomic mass is 9.98. The zero-order valence-corrected chi connectivity index (χ0v) is 17.4. The Morgan fingerprint density at radius 2 is 2.10 bits per heavy atom. The van der Waals surface area contributed by atoms with Crippen molar-refractivity contribution in [2.45, 2.75) is 33.1 Å². The summed E-state index contributed by atoms with van der Waals surface area (Å²) in [4.78, 5) is 23.9. The molecule has 8 heteroatoms. The topological polar surface area (TPSA) is 73.1 Å². The molecule has 0 radical (unpaired) electrons. The highest BCUT2D eigenvalue weighted by Crippen LogP contribution is 2.31. The van der Waals surface area contributed by atoms with Crippen molar-refractivity contribution in [3.8, 4) is 5.69 Å². The molecule has 152 valence electrons. The summed E-state index contributed by atoms with van der Waals surface area (Å²) >= 11 is 6.40. The maximum atomic E-state index is 12.3. The Bertz CT molecular complexity index is 1040. The minimum Gasteiger partial charge on any atom is -0.466 e. The molecule has 1 fully saturated rings. The van der Waals surface area contributed by atoms with Crippen LogP contribution >= 0.6 is 11.6 Å². The van der Waals surface area contributed by atoms with Crippen LogP contribution in [0, 0.1) is 5.92 Å². The van der Waals surface area contributed by atoms with E-state index in [1.54, 1.807) is 10.9 Å². The third-order valence-corrected chi connectivity index (χ3v) is 5.51. The second-order valence-electron chi connectivity index (χ2n) is 7.10. The number of ether oxygens (including phenoxy) is 1. The summed E-state index contributed by atoms with van der Waals surface area (Å²) in [6.45, 7) is 5.69. The number of hydrogen-bond donors (Lipinski definition) is 0. The molecule has 1 saturated heterocycles. The van der Waals surface area contributed by atoms with Gasteiger partial charge in [0.1, 0.15) is 11.6 Å². The summed E-state index contributed by atoms with van der Waals surface area (Å²) in [5.74, 6) is 1.28. The lowest BCUT2D eigenvalue weighted by Gasteiger charge is -2.32. The largest absolute Gasteiger partial charge is 0.466 e. The first-order valence-electron chi connectivity index (χ1n) is 10.0. The standard InChI is InChI=1S/C21H24ClN5O2/c1-3-18-24-19(26-11-7-8-14(13-26)21(28)29-4-2)15-12-23-27(20(15)25-18)17-10-6-5-9-16(17)22/h5-6,9-10,12,14H,3-4,7-8,11,13H2,1-2H3/t14-/m0/s1. The highest BCUT2D eigenvalue weighted by atomic mass is 35.5. The quantitative estimate of drug-likeness (QED) is 0.592. The first-order valence-corrected chi connectivity index (χ1v) is 10.4. The van der Waals surface area contributed by atoms with Gasteiger partial charge in [-0.15, -0.1) is 0 Å². The normalized spacial score (nSPS) is 16.9. The molecule has 4 rings (SSSR count). The molecule has 1 atom stereocenters. The number of rotatable bonds is 5. The van der Waals surface area contributed by atoms with Crippen LogP contribution in [-0.4, -0.2) is 45.4 Å². The molecule has 3 heterocycles. The molecule has 7 nitrogen and oxygen atoms in total. The van der Waals surface area contributed by atoms with Crippen molar-refractivity contribution < 1.29 is 9.53 Å². The van der Waals surface area contributed by atoms with Gasteiger partial charge in [-0.3, -0.25) is 4.79 Å². The number of fused-ring (bicyclic) bond motifs is 1. The second-order valence-corrected chi connectivity index (χ2v) is 7.51. The van der Waals surface area contributed by atoms with Crippen molar-refractivity contribution >= 4 is 34.4 Å². The third-order valence-electron chi connectivity index (χ3n) is 5.19. The molecule has 0 aliphatic carbocycles. The number of benzene rings is 1. The van der Waals surface area contributed by atoms with Gasteiger partial charge in [-0.1, -0.05) is 30.7 Å². The van der Waals surface area contributed by atoms with Crippen LogP contribution in [0.2, 0.25) is 5.02 Å². The van der Waals surface area contributed by atoms with Gasteiger partial charge in [-0.05, 0) is 31.9 Å². The van der Waals surface area contributed by atoms with Gasteiger partial charge >= 0.3 is 5.97 Å². The Balaban J connectivity index is 1.77. The molecule has 1 aromatic carbocycles. The van der Waals surface area contributed by atoms with Gasteiger partial charge in [0.05, 0.1) is 34.8 Å². The number of piperidine rings is 1. The predicted molar refractivity (Wildman–Crippen MR) is 113 cm³/mol. The van der Waals surface area contributed by atoms with Crippen LogP contribution in [0.15, 0.2) is 30.5 Å². The summed E-state index contributed by atoms with van der Waals surface area (Å²) in [7, 11) is 0. The van der Waals surface area contributed by atoms with Gasteiger partial charge in [0, 0.05) is 19.5 Å². The molecular weight excluding hydrogens is 390 g/mol. The SMILES string of the molecule is CCOC(=O)[C@H]1CCCN(c2nc(CC)nc3c2cnn3-c2ccccc2Cl)C1. The number of halogens is 1. The summed E-state index contributed by atoms with van der Waals surface area (Å²) in [6.07, 6.45) is 4.23. The van der Waals surface area contributed by atoms with E-state index in [0.29, 0.717) is 24.6 Å². The Kier molecular flexibility index (Phi) is 5.67. The van der Waals surface area contributed by atoms with E-state index in [4.69, 9.17) is 26.3 Å². The minimum atomic E-state index is -0.141. The molecule has 0 bridgehead atoms. The highest BCUT2D eigenvalue weighted by Gasteiger charge is 2.29. The average Bonchev–Trinajstić information content (AvgIpc) is 3.17. The number of aryl methyl sites for hydroxylation is 1. The smallest absolute Gasteiger partial charge is 0.310 e. The Hall–Kier alpha value is -2.67. The van der Waals surface area contributed by atoms with E-state index < -0.39 is 0 Å². The zero-order valence-electron chi connectivity index (χ0n) is 16.6. The lowest BCUT2D eigenvalue weighted by Crippen LogP contribution is -2.40. The molecule has 3 aromatic rings. The summed E-state index contributed by atoms with van der Waals surface area (Å²) in [5, 5.41) is 6.01. The predicted octanol–water partition coefficient (Wildman–Crippen LogP) is 3.81. The Morgan fingerprint density at radius 1 is 1.28 bits per heavy atom. The van der Waals surface area contributed by atoms with Crippen molar-refractivity contribution in [2.24, 2.45) is 5.92 Å². The fourth-order valence-electron chi connectivity index (χ4n) is 3.76. The van der Waals surface area contributed by atoms with Crippen LogP contribution in [0.3, 0.4) is 0 Å². The number of anilines is 1. The Morgan fingerprint density at radius 3 is 2.86 bits per heavy atom. The van der Waals surface area contributed by atoms with Crippen molar-refractivity contribution in [2.75, 3.05) is 24.6 Å². The molecule has 2 aromatic heterocycles. The van der Waals surface area contributed by atoms with E-state index in [-0.39, 0.29) is 11.9 Å². The van der Waals surface area contributed by atoms with Crippen LogP contribution in [0.1, 0.15) is 32.5 Å². The molecular formula is C21H24ClN5O2. The van der Waals surface area contributed by atoms with Crippen LogP contribution in [-0.2, 0) is 16.0 Å². The number of esters is 1. The van der Waals surface area contributed by atoms with Gasteiger partial charge in [0.15, 0.2) is 5.65 Å². The summed E-state index contributed by atoms with van der Waals surface area (Å²) in [5.41, 5.74) is 1.50. The van der Waals surface area contributed by atoms with Crippen molar-refractivity contribution in [3.63, 3.8) is 0 Å². The van der Waals surface area contributed by atoms with E-state index in [0.717, 1.165) is 47.7 Å². The molecule has 0 saturated carbocycles. The Labute approximate surface area is 174 Å². The van der Waals surface area contributed by atoms with E-state index in [1.165, 1.54) is 0 Å². The van der Waals surface area contributed by atoms with E-state index in [9.17, 15) is 4.79 Å². The highest BCUT2D eigenvalue weighted by molar-refractivity contribution is 6.32. The molecule has 0 unspecified atom stereocenters. The minimum absolute atomic E-state index is 0.134. The summed E-state index contributed by atoms with van der Waals surface area (Å²) in [6, 6.07) is 7.56. The molecule has 29 heavy (non-hydrogen) atoms. The van der Waals surface area contributed by atoms with E-state index >= 15 is 0 Å². The van der Waals surface area contributed by atoms with Crippen molar-refractivity contribution in [3.05, 3.63) is 41.3 Å². The first kappa shape index (κ1) is 19.6. The summed E-state index contributed by atoms with van der Waals surface area (Å²) < 4.78 is 7.00. The van der Waals surface area contributed by atoms with Crippen LogP contribution in [0.4, 0.5) is 5.82 Å². The number of carbonyl (C=O) groups is 1. The number of aromatic nitrogens is 4. The molecule has 1 aliphatic heterocycles. The number of para-hydroxylation sites is 1. The lowest BCUT2D eigenvalue weighted by molar-refractivity contribution is -0.148. The van der Waals surface area contributed by atoms with E-state index in [2.05, 4.69) is 10.00 Å². The average molecular weight is 414 g/mol. The number of nitrogens with zero attached hydrogens (tertiary/aromatic N) is 5. The fourth-order valence-corrected chi connectivity index (χ4v) is 3.97. The second kappa shape index (κ2) is 8.37. The van der Waals surface area contributed by atoms with Gasteiger partial charge < -0.3 is 9.64 Å². The van der Waals surface area contributed by atoms with Crippen molar-refractivity contribution in [1.29, 1.82) is 0 Å². The number of carbonyl (C=O) groups excluding carboxylic acids is 1. The van der Waals surface area contributed by atoms with E-state index in [1.807, 2.05) is 38.1 Å². The molecule has 0 N–H and O–H groups in total. The molecule has 0 amide bonds. The maximum absolute atomic E-state index is 12.3. The third kappa shape index (κ3) is 3.79. The fraction of sp³-hybridized carbons (Fsp3) is 0.429. The number of hydrogen-bond acceptors (Lipinski definition) is 6. The van der Waals surface area contributed by atoms with Gasteiger partial charge in [-0.25, -0.2) is 14.6 Å².